The van der Waals surface area contributed by atoms with Gasteiger partial charge in [0.25, 0.3) is 5.91 Å². The Morgan fingerprint density at radius 2 is 2.03 bits per heavy atom. The molecule has 5 atom stereocenters. The Balaban J connectivity index is 1.74. The molecule has 7 nitrogen and oxygen atoms in total. The number of aliphatic hydroxyl groups is 2. The van der Waals surface area contributed by atoms with E-state index in [9.17, 15) is 19.8 Å². The van der Waals surface area contributed by atoms with Crippen LogP contribution in [0.25, 0.3) is 0 Å². The van der Waals surface area contributed by atoms with Crippen LogP contribution in [-0.4, -0.2) is 57.7 Å². The Kier molecular flexibility index (Phi) is 7.20. The summed E-state index contributed by atoms with van der Waals surface area (Å²) in [5.41, 5.74) is -0.0660. The van der Waals surface area contributed by atoms with Gasteiger partial charge in [-0.25, -0.2) is 4.98 Å². The second kappa shape index (κ2) is 9.68. The monoisotopic (exact) mass is 505 g/mol. The predicted octanol–water partition coefficient (Wildman–Crippen LogP) is 4.13. The number of aromatic nitrogens is 1. The number of aliphatic hydroxyl groups excluding tert-OH is 2. The van der Waals surface area contributed by atoms with Crippen LogP contribution in [0.3, 0.4) is 0 Å². The largest absolute Gasteiger partial charge is 0.396 e. The first-order chi connectivity index (χ1) is 16.2. The van der Waals surface area contributed by atoms with Gasteiger partial charge in [0, 0.05) is 35.7 Å². The number of thiazole rings is 1. The first-order valence-corrected chi connectivity index (χ1v) is 13.8. The summed E-state index contributed by atoms with van der Waals surface area (Å²) in [5.74, 6) is -0.235. The van der Waals surface area contributed by atoms with E-state index < -0.39 is 11.5 Å². The van der Waals surface area contributed by atoms with E-state index in [1.165, 1.54) is 22.7 Å². The van der Waals surface area contributed by atoms with Gasteiger partial charge in [-0.3, -0.25) is 14.9 Å². The lowest BCUT2D eigenvalue weighted by molar-refractivity contribution is -0.147. The SMILES string of the molecule is CCN(CC)C(=O)C[C@@H]1c2nc(NC(=O)c3cccs3)sc2C[C@@H]2[C@](C)(CO)[C@H](O)CC[C@]21C. The fourth-order valence-electron chi connectivity index (χ4n) is 6.15. The lowest BCUT2D eigenvalue weighted by Gasteiger charge is -2.58. The maximum atomic E-state index is 13.3. The number of nitrogens with zero attached hydrogens (tertiary/aromatic N) is 2. The van der Waals surface area contributed by atoms with Crippen molar-refractivity contribution < 1.29 is 19.8 Å². The van der Waals surface area contributed by atoms with Crippen LogP contribution in [0.4, 0.5) is 5.13 Å². The minimum atomic E-state index is -0.661. The van der Waals surface area contributed by atoms with Gasteiger partial charge in [-0.15, -0.1) is 22.7 Å². The second-order valence-corrected chi connectivity index (χ2v) is 12.1. The zero-order valence-corrected chi connectivity index (χ0v) is 22.0. The number of anilines is 1. The minimum Gasteiger partial charge on any atom is -0.396 e. The summed E-state index contributed by atoms with van der Waals surface area (Å²) in [7, 11) is 0. The number of hydrogen-bond donors (Lipinski definition) is 3. The third-order valence-corrected chi connectivity index (χ3v) is 10.2. The summed E-state index contributed by atoms with van der Waals surface area (Å²) in [6.07, 6.45) is 1.76. The van der Waals surface area contributed by atoms with E-state index in [1.54, 1.807) is 6.07 Å². The molecule has 0 saturated heterocycles. The smallest absolute Gasteiger partial charge is 0.267 e. The van der Waals surface area contributed by atoms with Crippen molar-refractivity contribution in [3.05, 3.63) is 33.0 Å². The van der Waals surface area contributed by atoms with Gasteiger partial charge >= 0.3 is 0 Å². The van der Waals surface area contributed by atoms with E-state index in [0.29, 0.717) is 42.4 Å². The Morgan fingerprint density at radius 1 is 1.29 bits per heavy atom. The van der Waals surface area contributed by atoms with Gasteiger partial charge in [0.05, 0.1) is 23.3 Å². The summed E-state index contributed by atoms with van der Waals surface area (Å²) in [5, 5.41) is 26.6. The molecular weight excluding hydrogens is 470 g/mol. The van der Waals surface area contributed by atoms with Crippen LogP contribution < -0.4 is 5.32 Å². The van der Waals surface area contributed by atoms with Crippen molar-refractivity contribution in [3.8, 4) is 0 Å². The molecular formula is C25H35N3O4S2. The Labute approximate surface area is 209 Å². The summed E-state index contributed by atoms with van der Waals surface area (Å²) in [4.78, 5) is 34.3. The molecule has 2 aromatic heterocycles. The summed E-state index contributed by atoms with van der Waals surface area (Å²) >= 11 is 2.83. The lowest BCUT2D eigenvalue weighted by atomic mass is 9.47. The maximum absolute atomic E-state index is 13.3. The second-order valence-electron chi connectivity index (χ2n) is 10.1. The molecule has 9 heteroatoms. The number of hydrogen-bond acceptors (Lipinski definition) is 7. The molecule has 186 valence electrons. The molecule has 1 saturated carbocycles. The molecule has 0 aliphatic heterocycles. The topological polar surface area (TPSA) is 103 Å². The van der Waals surface area contributed by atoms with Crippen LogP contribution in [0.2, 0.25) is 0 Å². The normalized spacial score (nSPS) is 30.4. The maximum Gasteiger partial charge on any atom is 0.267 e. The quantitative estimate of drug-likeness (QED) is 0.525. The zero-order chi connectivity index (χ0) is 24.7. The Morgan fingerprint density at radius 3 is 2.65 bits per heavy atom. The van der Waals surface area contributed by atoms with Gasteiger partial charge in [-0.05, 0) is 55.9 Å². The lowest BCUT2D eigenvalue weighted by Crippen LogP contribution is -2.57. The van der Waals surface area contributed by atoms with Gasteiger partial charge in [0.1, 0.15) is 0 Å². The summed E-state index contributed by atoms with van der Waals surface area (Å²) in [6.45, 7) is 9.33. The molecule has 34 heavy (non-hydrogen) atoms. The molecule has 2 aliphatic rings. The third-order valence-electron chi connectivity index (χ3n) is 8.35. The van der Waals surface area contributed by atoms with Crippen molar-refractivity contribution in [2.24, 2.45) is 16.7 Å². The van der Waals surface area contributed by atoms with Crippen molar-refractivity contribution in [2.75, 3.05) is 25.0 Å². The van der Waals surface area contributed by atoms with Crippen molar-refractivity contribution in [1.29, 1.82) is 0 Å². The van der Waals surface area contributed by atoms with Crippen LogP contribution in [0.1, 0.15) is 73.1 Å². The molecule has 2 amide bonds. The van der Waals surface area contributed by atoms with Crippen LogP contribution in [-0.2, 0) is 11.2 Å². The van der Waals surface area contributed by atoms with Gasteiger partial charge < -0.3 is 15.1 Å². The molecule has 2 aliphatic carbocycles. The van der Waals surface area contributed by atoms with Gasteiger partial charge in [0.2, 0.25) is 5.91 Å². The summed E-state index contributed by atoms with van der Waals surface area (Å²) < 4.78 is 0. The highest BCUT2D eigenvalue weighted by molar-refractivity contribution is 7.16. The van der Waals surface area contributed by atoms with Crippen LogP contribution in [0, 0.1) is 16.7 Å². The third kappa shape index (κ3) is 4.21. The predicted molar refractivity (Wildman–Crippen MR) is 135 cm³/mol. The van der Waals surface area contributed by atoms with Crippen molar-refractivity contribution in [2.45, 2.75) is 65.4 Å². The van der Waals surface area contributed by atoms with Gasteiger partial charge in [0.15, 0.2) is 5.13 Å². The number of nitrogens with one attached hydrogen (secondary N) is 1. The van der Waals surface area contributed by atoms with Gasteiger partial charge in [-0.2, -0.15) is 0 Å². The van der Waals surface area contributed by atoms with Crippen molar-refractivity contribution in [1.82, 2.24) is 9.88 Å². The molecule has 0 spiro atoms. The first-order valence-electron chi connectivity index (χ1n) is 12.1. The molecule has 0 radical (unpaired) electrons. The number of rotatable bonds is 7. The average molecular weight is 506 g/mol. The Hall–Kier alpha value is -1.81. The van der Waals surface area contributed by atoms with Crippen LogP contribution in [0.15, 0.2) is 17.5 Å². The molecule has 0 bridgehead atoms. The van der Waals surface area contributed by atoms with E-state index in [2.05, 4.69) is 12.2 Å². The van der Waals surface area contributed by atoms with E-state index in [-0.39, 0.29) is 35.7 Å². The number of thiophene rings is 1. The van der Waals surface area contributed by atoms with Gasteiger partial charge in [-0.1, -0.05) is 19.9 Å². The van der Waals surface area contributed by atoms with E-state index in [1.807, 2.05) is 37.1 Å². The van der Waals surface area contributed by atoms with Crippen LogP contribution >= 0.6 is 22.7 Å². The standard InChI is InChI=1S/C25H35N3O4S2/c1-5-28(6-2)20(31)12-15-21-17(34-23(26-21)27-22(32)16-8-7-11-33-16)13-18-24(15,3)10-9-19(30)25(18,4)14-29/h7-8,11,15,18-19,29-30H,5-6,9-10,12-14H2,1-4H3,(H,26,27,32)/t15-,18+,19-,24+,25+/m1/s1. The molecule has 3 N–H and O–H groups in total. The molecule has 0 aromatic carbocycles. The Bertz CT molecular complexity index is 1040. The summed E-state index contributed by atoms with van der Waals surface area (Å²) in [6, 6.07) is 3.62. The van der Waals surface area contributed by atoms with Crippen LogP contribution in [0.5, 0.6) is 0 Å². The highest BCUT2D eigenvalue weighted by Gasteiger charge is 2.59. The zero-order valence-electron chi connectivity index (χ0n) is 20.3. The van der Waals surface area contributed by atoms with E-state index in [4.69, 9.17) is 4.98 Å². The highest BCUT2D eigenvalue weighted by atomic mass is 32.1. The molecule has 2 heterocycles. The number of carbonyl (C=O) groups is 2. The molecule has 4 rings (SSSR count). The molecule has 2 aromatic rings. The average Bonchev–Trinajstić information content (AvgIpc) is 3.49. The minimum absolute atomic E-state index is 0.00273. The fourth-order valence-corrected chi connectivity index (χ4v) is 7.83. The van der Waals surface area contributed by atoms with Crippen molar-refractivity contribution in [3.63, 3.8) is 0 Å². The number of amides is 2. The number of fused-ring (bicyclic) bond motifs is 2. The van der Waals surface area contributed by atoms with Crippen molar-refractivity contribution >= 4 is 39.6 Å². The van der Waals surface area contributed by atoms with E-state index in [0.717, 1.165) is 17.0 Å². The molecule has 0 unspecified atom stereocenters. The number of carbonyl (C=O) groups excluding carboxylic acids is 2. The first kappa shape index (κ1) is 25.3. The molecule has 1 fully saturated rings. The fraction of sp³-hybridized carbons (Fsp3) is 0.640. The highest BCUT2D eigenvalue weighted by Crippen LogP contribution is 2.62. The van der Waals surface area contributed by atoms with E-state index >= 15 is 0 Å².